The zero-order valence-electron chi connectivity index (χ0n) is 16.1. The SMILES string of the molecule is O=C1C2NNC(c3ccccc3O)C2C(c2ccc(O)cc2)N1Cc1ccncc1. The van der Waals surface area contributed by atoms with Crippen LogP contribution in [-0.2, 0) is 11.3 Å². The van der Waals surface area contributed by atoms with Crippen molar-refractivity contribution in [1.29, 1.82) is 0 Å². The van der Waals surface area contributed by atoms with Gasteiger partial charge in [-0.15, -0.1) is 0 Å². The number of amides is 1. The van der Waals surface area contributed by atoms with E-state index in [2.05, 4.69) is 15.8 Å². The van der Waals surface area contributed by atoms with Gasteiger partial charge in [0.2, 0.25) is 5.91 Å². The van der Waals surface area contributed by atoms with Gasteiger partial charge in [-0.3, -0.25) is 9.78 Å². The van der Waals surface area contributed by atoms with Gasteiger partial charge in [-0.05, 0) is 41.5 Å². The Morgan fingerprint density at radius 1 is 0.900 bits per heavy atom. The fourth-order valence-electron chi connectivity index (χ4n) is 4.65. The van der Waals surface area contributed by atoms with Crippen molar-refractivity contribution in [3.05, 3.63) is 89.7 Å². The molecule has 7 nitrogen and oxygen atoms in total. The molecule has 0 aliphatic carbocycles. The average molecular weight is 402 g/mol. The largest absolute Gasteiger partial charge is 0.508 e. The molecule has 5 rings (SSSR count). The van der Waals surface area contributed by atoms with Gasteiger partial charge in [-0.25, -0.2) is 10.9 Å². The lowest BCUT2D eigenvalue weighted by Crippen LogP contribution is -2.41. The number of aromatic hydroxyl groups is 2. The van der Waals surface area contributed by atoms with E-state index < -0.39 is 6.04 Å². The highest BCUT2D eigenvalue weighted by Crippen LogP contribution is 2.49. The van der Waals surface area contributed by atoms with Crippen LogP contribution in [0, 0.1) is 5.92 Å². The molecular formula is C23H22N4O3. The number of fused-ring (bicyclic) bond motifs is 1. The zero-order chi connectivity index (χ0) is 20.7. The number of likely N-dealkylation sites (tertiary alicyclic amines) is 1. The molecule has 0 bridgehead atoms. The third kappa shape index (κ3) is 3.08. The molecule has 4 atom stereocenters. The first-order chi connectivity index (χ1) is 14.6. The minimum Gasteiger partial charge on any atom is -0.508 e. The van der Waals surface area contributed by atoms with E-state index in [1.54, 1.807) is 36.7 Å². The van der Waals surface area contributed by atoms with Crippen LogP contribution in [0.25, 0.3) is 0 Å². The molecule has 0 radical (unpaired) electrons. The van der Waals surface area contributed by atoms with E-state index in [-0.39, 0.29) is 35.4 Å². The number of phenols is 2. The molecule has 0 spiro atoms. The number of hydrazine groups is 1. The normalized spacial score (nSPS) is 25.5. The molecule has 2 saturated heterocycles. The number of nitrogens with one attached hydrogen (secondary N) is 2. The van der Waals surface area contributed by atoms with Crippen molar-refractivity contribution >= 4 is 5.91 Å². The molecule has 1 aromatic heterocycles. The summed E-state index contributed by atoms with van der Waals surface area (Å²) in [5.74, 6) is 0.236. The number of hydrogen-bond donors (Lipinski definition) is 4. The molecule has 3 heterocycles. The second-order valence-corrected chi connectivity index (χ2v) is 7.74. The van der Waals surface area contributed by atoms with Gasteiger partial charge in [0.05, 0.1) is 12.1 Å². The number of aromatic nitrogens is 1. The van der Waals surface area contributed by atoms with Crippen molar-refractivity contribution in [3.63, 3.8) is 0 Å². The number of carbonyl (C=O) groups excluding carboxylic acids is 1. The van der Waals surface area contributed by atoms with Crippen molar-refractivity contribution in [3.8, 4) is 11.5 Å². The van der Waals surface area contributed by atoms with E-state index in [1.807, 2.05) is 41.3 Å². The van der Waals surface area contributed by atoms with Crippen molar-refractivity contribution in [2.24, 2.45) is 5.92 Å². The van der Waals surface area contributed by atoms with Crippen LogP contribution in [0.3, 0.4) is 0 Å². The molecule has 152 valence electrons. The predicted molar refractivity (Wildman–Crippen MR) is 110 cm³/mol. The summed E-state index contributed by atoms with van der Waals surface area (Å²) >= 11 is 0. The van der Waals surface area contributed by atoms with Crippen LogP contribution in [0.2, 0.25) is 0 Å². The first-order valence-electron chi connectivity index (χ1n) is 9.91. The summed E-state index contributed by atoms with van der Waals surface area (Å²) in [4.78, 5) is 19.3. The summed E-state index contributed by atoms with van der Waals surface area (Å²) in [7, 11) is 0. The number of phenolic OH excluding ortho intramolecular Hbond substituents is 2. The van der Waals surface area contributed by atoms with Crippen LogP contribution < -0.4 is 10.9 Å². The van der Waals surface area contributed by atoms with Gasteiger partial charge in [0, 0.05) is 30.4 Å². The van der Waals surface area contributed by atoms with Crippen molar-refractivity contribution < 1.29 is 15.0 Å². The highest BCUT2D eigenvalue weighted by atomic mass is 16.3. The Morgan fingerprint density at radius 2 is 1.60 bits per heavy atom. The molecule has 1 amide bonds. The van der Waals surface area contributed by atoms with Gasteiger partial charge in [0.25, 0.3) is 0 Å². The van der Waals surface area contributed by atoms with Crippen molar-refractivity contribution in [1.82, 2.24) is 20.7 Å². The van der Waals surface area contributed by atoms with E-state index in [0.717, 1.165) is 16.7 Å². The molecule has 2 aliphatic rings. The van der Waals surface area contributed by atoms with E-state index in [0.29, 0.717) is 6.54 Å². The number of hydrogen-bond acceptors (Lipinski definition) is 6. The molecule has 30 heavy (non-hydrogen) atoms. The summed E-state index contributed by atoms with van der Waals surface area (Å²) in [6.45, 7) is 0.453. The first-order valence-corrected chi connectivity index (χ1v) is 9.91. The molecule has 2 aromatic carbocycles. The molecule has 3 aromatic rings. The first kappa shape index (κ1) is 18.6. The second-order valence-electron chi connectivity index (χ2n) is 7.74. The van der Waals surface area contributed by atoms with Crippen LogP contribution >= 0.6 is 0 Å². The van der Waals surface area contributed by atoms with Gasteiger partial charge in [0.15, 0.2) is 0 Å². The third-order valence-corrected chi connectivity index (χ3v) is 6.02. The molecule has 2 fully saturated rings. The van der Waals surface area contributed by atoms with Crippen LogP contribution in [0.1, 0.15) is 28.8 Å². The Kier molecular flexibility index (Phi) is 4.61. The lowest BCUT2D eigenvalue weighted by molar-refractivity contribution is -0.131. The monoisotopic (exact) mass is 402 g/mol. The van der Waals surface area contributed by atoms with Crippen molar-refractivity contribution in [2.75, 3.05) is 0 Å². The maximum absolute atomic E-state index is 13.4. The van der Waals surface area contributed by atoms with Gasteiger partial charge in [0.1, 0.15) is 17.5 Å². The number of para-hydroxylation sites is 1. The van der Waals surface area contributed by atoms with Crippen LogP contribution in [0.4, 0.5) is 0 Å². The quantitative estimate of drug-likeness (QED) is 0.535. The lowest BCUT2D eigenvalue weighted by atomic mass is 9.83. The summed E-state index contributed by atoms with van der Waals surface area (Å²) in [6, 6.07) is 17.1. The number of benzene rings is 2. The van der Waals surface area contributed by atoms with Crippen LogP contribution in [0.15, 0.2) is 73.1 Å². The molecule has 2 aliphatic heterocycles. The summed E-state index contributed by atoms with van der Waals surface area (Å²) < 4.78 is 0. The van der Waals surface area contributed by atoms with Crippen LogP contribution in [0.5, 0.6) is 11.5 Å². The van der Waals surface area contributed by atoms with Gasteiger partial charge in [-0.2, -0.15) is 0 Å². The fourth-order valence-corrected chi connectivity index (χ4v) is 4.65. The minimum absolute atomic E-state index is 0.000285. The topological polar surface area (TPSA) is 97.7 Å². The summed E-state index contributed by atoms with van der Waals surface area (Å²) in [5, 5.41) is 20.2. The Hall–Kier alpha value is -3.42. The maximum Gasteiger partial charge on any atom is 0.242 e. The van der Waals surface area contributed by atoms with Crippen molar-refractivity contribution in [2.45, 2.75) is 24.7 Å². The molecular weight excluding hydrogens is 380 g/mol. The van der Waals surface area contributed by atoms with Gasteiger partial charge >= 0.3 is 0 Å². The Bertz CT molecular complexity index is 1060. The molecule has 7 heteroatoms. The van der Waals surface area contributed by atoms with Gasteiger partial charge < -0.3 is 15.1 Å². The zero-order valence-corrected chi connectivity index (χ0v) is 16.1. The standard InChI is InChI=1S/C23H22N4O3/c28-16-7-5-15(6-8-16)22-19-20(17-3-1-2-4-18(17)29)25-26-21(19)23(30)27(22)13-14-9-11-24-12-10-14/h1-12,19-22,25-26,28-29H,13H2. The van der Waals surface area contributed by atoms with Crippen LogP contribution in [-0.4, -0.2) is 32.0 Å². The second kappa shape index (κ2) is 7.44. The molecule has 0 saturated carbocycles. The number of pyridine rings is 1. The number of rotatable bonds is 4. The highest BCUT2D eigenvalue weighted by molar-refractivity contribution is 5.86. The van der Waals surface area contributed by atoms with E-state index >= 15 is 0 Å². The fraction of sp³-hybridized carbons (Fsp3) is 0.217. The Morgan fingerprint density at radius 3 is 2.33 bits per heavy atom. The molecule has 4 unspecified atom stereocenters. The predicted octanol–water partition coefficient (Wildman–Crippen LogP) is 2.41. The minimum atomic E-state index is -0.421. The summed E-state index contributed by atoms with van der Waals surface area (Å²) in [6.07, 6.45) is 3.44. The van der Waals surface area contributed by atoms with E-state index in [4.69, 9.17) is 0 Å². The van der Waals surface area contributed by atoms with Gasteiger partial charge in [-0.1, -0.05) is 30.3 Å². The Balaban J connectivity index is 1.58. The molecule has 4 N–H and O–H groups in total. The lowest BCUT2D eigenvalue weighted by Gasteiger charge is -2.31. The summed E-state index contributed by atoms with van der Waals surface area (Å²) in [5.41, 5.74) is 9.06. The highest BCUT2D eigenvalue weighted by Gasteiger charge is 2.55. The smallest absolute Gasteiger partial charge is 0.242 e. The third-order valence-electron chi connectivity index (χ3n) is 6.02. The number of carbonyl (C=O) groups is 1. The number of nitrogens with zero attached hydrogens (tertiary/aromatic N) is 2. The maximum atomic E-state index is 13.4. The average Bonchev–Trinajstić information content (AvgIpc) is 3.30. The van der Waals surface area contributed by atoms with E-state index in [9.17, 15) is 15.0 Å². The van der Waals surface area contributed by atoms with E-state index in [1.165, 1.54) is 0 Å². The Labute approximate surface area is 174 Å².